The van der Waals surface area contributed by atoms with Gasteiger partial charge >= 0.3 is 0 Å². The van der Waals surface area contributed by atoms with Gasteiger partial charge in [0, 0.05) is 18.3 Å². The highest BCUT2D eigenvalue weighted by Crippen LogP contribution is 2.19. The van der Waals surface area contributed by atoms with Crippen molar-refractivity contribution in [1.29, 1.82) is 0 Å². The number of carbonyl (C=O) groups is 1. The van der Waals surface area contributed by atoms with Gasteiger partial charge in [-0.25, -0.2) is 8.42 Å². The number of sulfonamides is 1. The minimum atomic E-state index is -3.71. The predicted octanol–water partition coefficient (Wildman–Crippen LogP) is 3.27. The molecule has 0 fully saturated rings. The van der Waals surface area contributed by atoms with Crippen LogP contribution >= 0.6 is 0 Å². The third-order valence-electron chi connectivity index (χ3n) is 4.02. The average molecular weight is 370 g/mol. The molecule has 134 valence electrons. The van der Waals surface area contributed by atoms with Gasteiger partial charge in [0.15, 0.2) is 0 Å². The summed E-state index contributed by atoms with van der Waals surface area (Å²) in [6.07, 6.45) is 0. The van der Waals surface area contributed by atoms with Crippen molar-refractivity contribution in [2.45, 2.75) is 4.90 Å². The second kappa shape index (κ2) is 7.25. The SMILES string of the molecule is CON(C)S(=O)(=O)c1ccc(NC(=O)c2ccc3ccccc3c2)cc1. The Labute approximate surface area is 152 Å². The second-order valence-corrected chi connectivity index (χ2v) is 7.57. The van der Waals surface area contributed by atoms with Crippen molar-refractivity contribution in [2.75, 3.05) is 19.5 Å². The number of rotatable bonds is 5. The van der Waals surface area contributed by atoms with Crippen molar-refractivity contribution in [1.82, 2.24) is 4.47 Å². The van der Waals surface area contributed by atoms with E-state index in [-0.39, 0.29) is 10.8 Å². The minimum absolute atomic E-state index is 0.0746. The first-order chi connectivity index (χ1) is 12.4. The standard InChI is InChI=1S/C19H18N2O4S/c1-21(25-2)26(23,24)18-11-9-17(10-12-18)20-19(22)16-8-7-14-5-3-4-6-15(14)13-16/h3-13H,1-2H3,(H,20,22). The quantitative estimate of drug-likeness (QED) is 0.700. The number of fused-ring (bicyclic) bond motifs is 1. The zero-order valence-electron chi connectivity index (χ0n) is 14.3. The lowest BCUT2D eigenvalue weighted by Crippen LogP contribution is -2.25. The summed E-state index contributed by atoms with van der Waals surface area (Å²) in [6, 6.07) is 19.2. The number of amides is 1. The lowest BCUT2D eigenvalue weighted by Gasteiger charge is -2.14. The van der Waals surface area contributed by atoms with Gasteiger partial charge in [0.25, 0.3) is 15.9 Å². The lowest BCUT2D eigenvalue weighted by molar-refractivity contribution is -0.0258. The fourth-order valence-corrected chi connectivity index (χ4v) is 3.46. The molecule has 6 nitrogen and oxygen atoms in total. The van der Waals surface area contributed by atoms with Gasteiger partial charge in [-0.2, -0.15) is 0 Å². The number of nitrogens with zero attached hydrogens (tertiary/aromatic N) is 1. The first kappa shape index (κ1) is 18.1. The maximum atomic E-state index is 12.4. The van der Waals surface area contributed by atoms with E-state index in [1.165, 1.54) is 38.4 Å². The van der Waals surface area contributed by atoms with E-state index in [1.807, 2.05) is 36.4 Å². The number of anilines is 1. The fourth-order valence-electron chi connectivity index (χ4n) is 2.49. The number of carbonyl (C=O) groups excluding carboxylic acids is 1. The van der Waals surface area contributed by atoms with Crippen LogP contribution in [0.2, 0.25) is 0 Å². The van der Waals surface area contributed by atoms with Crippen LogP contribution in [0.1, 0.15) is 10.4 Å². The average Bonchev–Trinajstić information content (AvgIpc) is 2.67. The van der Waals surface area contributed by atoms with Crippen molar-refractivity contribution >= 4 is 32.4 Å². The molecule has 7 heteroatoms. The third kappa shape index (κ3) is 3.60. The van der Waals surface area contributed by atoms with Crippen molar-refractivity contribution < 1.29 is 18.0 Å². The van der Waals surface area contributed by atoms with Crippen molar-refractivity contribution in [2.24, 2.45) is 0 Å². The second-order valence-electron chi connectivity index (χ2n) is 5.64. The zero-order valence-corrected chi connectivity index (χ0v) is 15.2. The van der Waals surface area contributed by atoms with Gasteiger partial charge < -0.3 is 5.32 Å². The molecule has 1 amide bonds. The Morgan fingerprint density at radius 1 is 0.962 bits per heavy atom. The van der Waals surface area contributed by atoms with Gasteiger partial charge in [-0.15, -0.1) is 0 Å². The molecule has 0 aliphatic heterocycles. The van der Waals surface area contributed by atoms with Gasteiger partial charge in [0.1, 0.15) is 0 Å². The van der Waals surface area contributed by atoms with Crippen LogP contribution in [0.3, 0.4) is 0 Å². The van der Waals surface area contributed by atoms with Crippen LogP contribution in [-0.2, 0) is 14.9 Å². The number of hydrogen-bond acceptors (Lipinski definition) is 4. The van der Waals surface area contributed by atoms with Crippen LogP contribution in [0.25, 0.3) is 10.8 Å². The van der Waals surface area contributed by atoms with Crippen molar-refractivity contribution in [3.63, 3.8) is 0 Å². The smallest absolute Gasteiger partial charge is 0.264 e. The topological polar surface area (TPSA) is 75.7 Å². The van der Waals surface area contributed by atoms with E-state index in [1.54, 1.807) is 6.07 Å². The van der Waals surface area contributed by atoms with Gasteiger partial charge in [-0.05, 0) is 47.2 Å². The molecule has 0 unspecified atom stereocenters. The number of hydrogen-bond donors (Lipinski definition) is 1. The van der Waals surface area contributed by atoms with E-state index < -0.39 is 10.0 Å². The van der Waals surface area contributed by atoms with Crippen molar-refractivity contribution in [3.8, 4) is 0 Å². The van der Waals surface area contributed by atoms with Gasteiger partial charge in [-0.1, -0.05) is 34.8 Å². The van der Waals surface area contributed by atoms with Crippen LogP contribution in [0.4, 0.5) is 5.69 Å². The molecule has 0 aliphatic carbocycles. The monoisotopic (exact) mass is 370 g/mol. The molecule has 0 spiro atoms. The highest BCUT2D eigenvalue weighted by Gasteiger charge is 2.20. The Morgan fingerprint density at radius 2 is 1.62 bits per heavy atom. The van der Waals surface area contributed by atoms with E-state index in [9.17, 15) is 13.2 Å². The van der Waals surface area contributed by atoms with Gasteiger partial charge in [0.2, 0.25) is 0 Å². The maximum absolute atomic E-state index is 12.4. The summed E-state index contributed by atoms with van der Waals surface area (Å²) in [5, 5.41) is 4.80. The van der Waals surface area contributed by atoms with Crippen molar-refractivity contribution in [3.05, 3.63) is 72.3 Å². The van der Waals surface area contributed by atoms with Crippen LogP contribution in [-0.4, -0.2) is 33.0 Å². The maximum Gasteiger partial charge on any atom is 0.264 e. The van der Waals surface area contributed by atoms with E-state index in [0.717, 1.165) is 15.2 Å². The van der Waals surface area contributed by atoms with Crippen LogP contribution in [0.15, 0.2) is 71.6 Å². The summed E-state index contributed by atoms with van der Waals surface area (Å²) in [5.41, 5.74) is 1.03. The Bertz CT molecular complexity index is 1050. The van der Waals surface area contributed by atoms with E-state index in [0.29, 0.717) is 11.3 Å². The summed E-state index contributed by atoms with van der Waals surface area (Å²) < 4.78 is 25.1. The largest absolute Gasteiger partial charge is 0.322 e. The molecule has 0 atom stereocenters. The molecule has 0 radical (unpaired) electrons. The summed E-state index contributed by atoms with van der Waals surface area (Å²) in [7, 11) is -1.13. The Kier molecular flexibility index (Phi) is 5.03. The first-order valence-corrected chi connectivity index (χ1v) is 9.29. The zero-order chi connectivity index (χ0) is 18.7. The molecule has 0 heterocycles. The molecular formula is C19H18N2O4S. The number of nitrogens with one attached hydrogen (secondary N) is 1. The molecule has 0 saturated heterocycles. The molecule has 0 bridgehead atoms. The Hall–Kier alpha value is -2.74. The van der Waals surface area contributed by atoms with Crippen LogP contribution in [0.5, 0.6) is 0 Å². The highest BCUT2D eigenvalue weighted by molar-refractivity contribution is 7.89. The fraction of sp³-hybridized carbons (Fsp3) is 0.105. The highest BCUT2D eigenvalue weighted by atomic mass is 32.2. The van der Waals surface area contributed by atoms with Gasteiger partial charge in [0.05, 0.1) is 12.0 Å². The summed E-state index contributed by atoms with van der Waals surface area (Å²) >= 11 is 0. The molecule has 0 saturated carbocycles. The molecule has 0 aliphatic rings. The third-order valence-corrected chi connectivity index (χ3v) is 5.71. The summed E-state index contributed by atoms with van der Waals surface area (Å²) in [5.74, 6) is -0.264. The number of benzene rings is 3. The van der Waals surface area contributed by atoms with Crippen LogP contribution in [0, 0.1) is 0 Å². The first-order valence-electron chi connectivity index (χ1n) is 7.85. The minimum Gasteiger partial charge on any atom is -0.322 e. The van der Waals surface area contributed by atoms with E-state index >= 15 is 0 Å². The lowest BCUT2D eigenvalue weighted by atomic mass is 10.1. The molecule has 0 aromatic heterocycles. The summed E-state index contributed by atoms with van der Waals surface area (Å²) in [6.45, 7) is 0. The molecule has 26 heavy (non-hydrogen) atoms. The molecule has 3 rings (SSSR count). The molecular weight excluding hydrogens is 352 g/mol. The molecule has 1 N–H and O–H groups in total. The molecule has 3 aromatic carbocycles. The van der Waals surface area contributed by atoms with E-state index in [4.69, 9.17) is 4.84 Å². The van der Waals surface area contributed by atoms with Crippen LogP contribution < -0.4 is 5.32 Å². The van der Waals surface area contributed by atoms with E-state index in [2.05, 4.69) is 5.32 Å². The summed E-state index contributed by atoms with van der Waals surface area (Å²) in [4.78, 5) is 17.2. The predicted molar refractivity (Wildman–Crippen MR) is 100 cm³/mol. The normalized spacial score (nSPS) is 11.7. The Morgan fingerprint density at radius 3 is 2.27 bits per heavy atom. The molecule has 3 aromatic rings. The Balaban J connectivity index is 1.79. The van der Waals surface area contributed by atoms with Gasteiger partial charge in [-0.3, -0.25) is 9.63 Å². The number of hydroxylamine groups is 1.